The van der Waals surface area contributed by atoms with E-state index in [2.05, 4.69) is 0 Å². The Balaban J connectivity index is 2.22. The van der Waals surface area contributed by atoms with Gasteiger partial charge in [0.15, 0.2) is 5.78 Å². The molecule has 5 nitrogen and oxygen atoms in total. The van der Waals surface area contributed by atoms with E-state index in [1.54, 1.807) is 24.3 Å². The van der Waals surface area contributed by atoms with Gasteiger partial charge in [-0.1, -0.05) is 35.3 Å². The number of halogens is 2. The van der Waals surface area contributed by atoms with Crippen LogP contribution in [0.4, 0.5) is 0 Å². The standard InChI is InChI=1S/C19H13Cl2NO4/c1-11(23)18(24)8-19(25)12-3-2-4-15(6-12)26-10-13-5-14(20)7-17(21)16(13)9-22/h2-8,25H,10H2,1H3. The summed E-state index contributed by atoms with van der Waals surface area (Å²) in [5.74, 6) is -1.44. The van der Waals surface area contributed by atoms with Crippen LogP contribution >= 0.6 is 23.2 Å². The lowest BCUT2D eigenvalue weighted by Gasteiger charge is -2.10. The number of hydrogen-bond acceptors (Lipinski definition) is 5. The van der Waals surface area contributed by atoms with Crippen LogP contribution in [-0.4, -0.2) is 16.7 Å². The van der Waals surface area contributed by atoms with Gasteiger partial charge >= 0.3 is 0 Å². The van der Waals surface area contributed by atoms with Crippen LogP contribution < -0.4 is 4.74 Å². The summed E-state index contributed by atoms with van der Waals surface area (Å²) in [5.41, 5.74) is 1.09. The van der Waals surface area contributed by atoms with Crippen LogP contribution in [0.1, 0.15) is 23.6 Å². The SMILES string of the molecule is CC(=O)C(=O)C=C(O)c1cccc(OCc2cc(Cl)cc(Cl)c2C#N)c1. The van der Waals surface area contributed by atoms with Crippen LogP contribution in [0.25, 0.3) is 5.76 Å². The van der Waals surface area contributed by atoms with Crippen molar-refractivity contribution in [1.29, 1.82) is 5.26 Å². The summed E-state index contributed by atoms with van der Waals surface area (Å²) in [6, 6.07) is 11.4. The number of nitriles is 1. The van der Waals surface area contributed by atoms with Gasteiger partial charge in [0.05, 0.1) is 10.6 Å². The van der Waals surface area contributed by atoms with Gasteiger partial charge in [-0.25, -0.2) is 0 Å². The molecule has 0 spiro atoms. The molecule has 0 aliphatic heterocycles. The van der Waals surface area contributed by atoms with Crippen molar-refractivity contribution in [2.45, 2.75) is 13.5 Å². The Bertz CT molecular complexity index is 945. The monoisotopic (exact) mass is 389 g/mol. The van der Waals surface area contributed by atoms with Gasteiger partial charge in [-0.05, 0) is 24.3 Å². The highest BCUT2D eigenvalue weighted by Gasteiger charge is 2.11. The maximum Gasteiger partial charge on any atom is 0.224 e. The van der Waals surface area contributed by atoms with Gasteiger partial charge in [0, 0.05) is 29.1 Å². The number of ether oxygens (including phenoxy) is 1. The summed E-state index contributed by atoms with van der Waals surface area (Å²) >= 11 is 11.9. The van der Waals surface area contributed by atoms with Crippen LogP contribution in [0, 0.1) is 11.3 Å². The summed E-state index contributed by atoms with van der Waals surface area (Å²) in [6.07, 6.45) is 0.853. The van der Waals surface area contributed by atoms with E-state index in [1.165, 1.54) is 12.1 Å². The quantitative estimate of drug-likeness (QED) is 0.446. The Morgan fingerprint density at radius 3 is 2.65 bits per heavy atom. The molecular formula is C19H13Cl2NO4. The lowest BCUT2D eigenvalue weighted by molar-refractivity contribution is -0.132. The largest absolute Gasteiger partial charge is 0.507 e. The Morgan fingerprint density at radius 1 is 1.27 bits per heavy atom. The second-order valence-electron chi connectivity index (χ2n) is 5.30. The molecule has 0 atom stereocenters. The van der Waals surface area contributed by atoms with E-state index in [4.69, 9.17) is 27.9 Å². The van der Waals surface area contributed by atoms with Crippen molar-refractivity contribution in [2.75, 3.05) is 0 Å². The van der Waals surface area contributed by atoms with E-state index in [0.717, 1.165) is 13.0 Å². The maximum atomic E-state index is 11.4. The molecule has 0 unspecified atom stereocenters. The van der Waals surface area contributed by atoms with Crippen molar-refractivity contribution in [3.63, 3.8) is 0 Å². The van der Waals surface area contributed by atoms with Gasteiger partial charge in [0.25, 0.3) is 0 Å². The molecule has 0 saturated carbocycles. The molecule has 0 saturated heterocycles. The fraction of sp³-hybridized carbons (Fsp3) is 0.105. The lowest BCUT2D eigenvalue weighted by atomic mass is 10.1. The molecule has 0 aromatic heterocycles. The molecule has 2 rings (SSSR count). The van der Waals surface area contributed by atoms with Crippen LogP contribution in [0.2, 0.25) is 10.0 Å². The minimum Gasteiger partial charge on any atom is -0.507 e. The molecule has 7 heteroatoms. The van der Waals surface area contributed by atoms with E-state index in [-0.39, 0.29) is 23.0 Å². The second kappa shape index (κ2) is 8.52. The minimum atomic E-state index is -0.805. The third-order valence-corrected chi connectivity index (χ3v) is 3.90. The average Bonchev–Trinajstić information content (AvgIpc) is 2.59. The molecule has 0 heterocycles. The fourth-order valence-corrected chi connectivity index (χ4v) is 2.66. The number of rotatable bonds is 6. The number of nitrogens with zero attached hydrogens (tertiary/aromatic N) is 1. The number of carbonyl (C=O) groups excluding carboxylic acids is 2. The summed E-state index contributed by atoms with van der Waals surface area (Å²) in [7, 11) is 0. The third-order valence-electron chi connectivity index (χ3n) is 3.39. The van der Waals surface area contributed by atoms with Crippen molar-refractivity contribution in [3.8, 4) is 11.8 Å². The van der Waals surface area contributed by atoms with Gasteiger partial charge in [0.2, 0.25) is 5.78 Å². The Kier molecular flexibility index (Phi) is 6.40. The zero-order valence-electron chi connectivity index (χ0n) is 13.6. The molecule has 0 fully saturated rings. The molecule has 132 valence electrons. The molecule has 0 aliphatic carbocycles. The Morgan fingerprint density at radius 2 is 2.00 bits per heavy atom. The Labute approximate surface area is 160 Å². The highest BCUT2D eigenvalue weighted by atomic mass is 35.5. The number of allylic oxidation sites excluding steroid dienone is 1. The van der Waals surface area contributed by atoms with Crippen LogP contribution in [0.15, 0.2) is 42.5 Å². The summed E-state index contributed by atoms with van der Waals surface area (Å²) in [4.78, 5) is 22.4. The van der Waals surface area contributed by atoms with Crippen molar-refractivity contribution < 1.29 is 19.4 Å². The first-order valence-corrected chi connectivity index (χ1v) is 8.14. The van der Waals surface area contributed by atoms with Crippen molar-refractivity contribution in [3.05, 3.63) is 69.2 Å². The van der Waals surface area contributed by atoms with Crippen molar-refractivity contribution in [1.82, 2.24) is 0 Å². The van der Waals surface area contributed by atoms with Crippen molar-refractivity contribution >= 4 is 40.5 Å². The van der Waals surface area contributed by atoms with Crippen LogP contribution in [0.3, 0.4) is 0 Å². The van der Waals surface area contributed by atoms with Crippen LogP contribution in [-0.2, 0) is 16.2 Å². The maximum absolute atomic E-state index is 11.4. The average molecular weight is 390 g/mol. The molecule has 0 bridgehead atoms. The molecule has 2 aromatic carbocycles. The first-order chi connectivity index (χ1) is 12.3. The van der Waals surface area contributed by atoms with Gasteiger partial charge in [-0.3, -0.25) is 9.59 Å². The first kappa shape index (κ1) is 19.5. The van der Waals surface area contributed by atoms with Gasteiger partial charge in [0.1, 0.15) is 24.2 Å². The number of hydrogen-bond donors (Lipinski definition) is 1. The number of Topliss-reactive ketones (excluding diaryl/α,β-unsaturated/α-hetero) is 1. The number of carbonyl (C=O) groups is 2. The normalized spacial score (nSPS) is 10.9. The summed E-state index contributed by atoms with van der Waals surface area (Å²) in [5, 5.41) is 19.8. The minimum absolute atomic E-state index is 0.0312. The molecule has 2 aromatic rings. The molecule has 0 amide bonds. The molecule has 0 radical (unpaired) electrons. The smallest absolute Gasteiger partial charge is 0.224 e. The lowest BCUT2D eigenvalue weighted by Crippen LogP contribution is -2.06. The van der Waals surface area contributed by atoms with Crippen molar-refractivity contribution in [2.24, 2.45) is 0 Å². The Hall–Kier alpha value is -2.81. The van der Waals surface area contributed by atoms with E-state index >= 15 is 0 Å². The number of aliphatic hydroxyl groups is 1. The summed E-state index contributed by atoms with van der Waals surface area (Å²) < 4.78 is 5.63. The van der Waals surface area contributed by atoms with Gasteiger partial charge in [-0.15, -0.1) is 0 Å². The molecule has 1 N–H and O–H groups in total. The molecule has 26 heavy (non-hydrogen) atoms. The predicted molar refractivity (Wildman–Crippen MR) is 98.2 cm³/mol. The van der Waals surface area contributed by atoms with Crippen LogP contribution in [0.5, 0.6) is 5.75 Å². The zero-order chi connectivity index (χ0) is 19.3. The number of benzene rings is 2. The number of ketones is 2. The fourth-order valence-electron chi connectivity index (χ4n) is 2.08. The first-order valence-electron chi connectivity index (χ1n) is 7.38. The molecular weight excluding hydrogens is 377 g/mol. The zero-order valence-corrected chi connectivity index (χ0v) is 15.1. The van der Waals surface area contributed by atoms with Gasteiger partial charge in [-0.2, -0.15) is 5.26 Å². The van der Waals surface area contributed by atoms with E-state index in [1.807, 2.05) is 6.07 Å². The second-order valence-corrected chi connectivity index (χ2v) is 6.14. The third kappa shape index (κ3) is 4.85. The highest BCUT2D eigenvalue weighted by molar-refractivity contribution is 6.41. The predicted octanol–water partition coefficient (Wildman–Crippen LogP) is 4.50. The molecule has 0 aliphatic rings. The summed E-state index contributed by atoms with van der Waals surface area (Å²) in [6.45, 7) is 1.15. The van der Waals surface area contributed by atoms with E-state index < -0.39 is 11.6 Å². The van der Waals surface area contributed by atoms with E-state index in [9.17, 15) is 20.0 Å². The highest BCUT2D eigenvalue weighted by Crippen LogP contribution is 2.26. The van der Waals surface area contributed by atoms with Gasteiger partial charge < -0.3 is 9.84 Å². The topological polar surface area (TPSA) is 87.4 Å². The van der Waals surface area contributed by atoms with E-state index in [0.29, 0.717) is 21.9 Å². The number of aliphatic hydroxyl groups excluding tert-OH is 1.